The van der Waals surface area contributed by atoms with Gasteiger partial charge in [0.05, 0.1) is 12.9 Å². The first-order valence-corrected chi connectivity index (χ1v) is 3.06. The van der Waals surface area contributed by atoms with Crippen LogP contribution in [0.5, 0.6) is 0 Å². The maximum atomic E-state index is 5.07. The largest absolute Gasteiger partial charge is 0.501 e. The Morgan fingerprint density at radius 3 is 2.75 bits per heavy atom. The summed E-state index contributed by atoms with van der Waals surface area (Å²) in [7, 11) is 0. The molecule has 0 spiro atoms. The fourth-order valence-corrected chi connectivity index (χ4v) is 0.719. The van der Waals surface area contributed by atoms with E-state index in [1.807, 2.05) is 0 Å². The minimum atomic E-state index is 0.333. The van der Waals surface area contributed by atoms with Crippen LogP contribution in [0.3, 0.4) is 0 Å². The van der Waals surface area contributed by atoms with E-state index < -0.39 is 0 Å². The molecule has 1 heterocycles. The molecule has 1 heteroatoms. The highest BCUT2D eigenvalue weighted by molar-refractivity contribution is 4.98. The van der Waals surface area contributed by atoms with E-state index in [1.54, 1.807) is 6.26 Å². The predicted octanol–water partition coefficient (Wildman–Crippen LogP) is 1.95. The summed E-state index contributed by atoms with van der Waals surface area (Å²) in [5, 5.41) is 0. The van der Waals surface area contributed by atoms with E-state index in [0.29, 0.717) is 5.41 Å². The lowest BCUT2D eigenvalue weighted by Crippen LogP contribution is -2.12. The van der Waals surface area contributed by atoms with Crippen LogP contribution in [-0.2, 0) is 4.74 Å². The minimum absolute atomic E-state index is 0.333. The Balaban J connectivity index is 2.54. The first-order chi connectivity index (χ1) is 3.77. The van der Waals surface area contributed by atoms with Crippen molar-refractivity contribution >= 4 is 0 Å². The first kappa shape index (κ1) is 5.67. The normalized spacial score (nSPS) is 35.2. The molecule has 8 heavy (non-hydrogen) atoms. The summed E-state index contributed by atoms with van der Waals surface area (Å²) in [6.45, 7) is 5.25. The second-order valence-electron chi connectivity index (χ2n) is 2.62. The van der Waals surface area contributed by atoms with E-state index in [4.69, 9.17) is 4.74 Å². The van der Waals surface area contributed by atoms with Crippen LogP contribution in [0.4, 0.5) is 0 Å². The van der Waals surface area contributed by atoms with Crippen molar-refractivity contribution < 1.29 is 4.74 Å². The molecule has 1 nitrogen and oxygen atoms in total. The first-order valence-electron chi connectivity index (χ1n) is 3.06. The molecule has 0 amide bonds. The highest BCUT2D eigenvalue weighted by atomic mass is 16.5. The molecule has 1 rings (SSSR count). The molecule has 0 fully saturated rings. The molecule has 0 bridgehead atoms. The van der Waals surface area contributed by atoms with Crippen LogP contribution < -0.4 is 0 Å². The lowest BCUT2D eigenvalue weighted by molar-refractivity contribution is 0.195. The van der Waals surface area contributed by atoms with Crippen LogP contribution in [0.15, 0.2) is 12.3 Å². The summed E-state index contributed by atoms with van der Waals surface area (Å²) in [4.78, 5) is 0. The topological polar surface area (TPSA) is 9.23 Å². The SMILES string of the molecule is CCC1(C)C=COC1. The molecule has 0 aromatic heterocycles. The van der Waals surface area contributed by atoms with Crippen LogP contribution in [0.25, 0.3) is 0 Å². The average molecular weight is 112 g/mol. The van der Waals surface area contributed by atoms with Gasteiger partial charge in [-0.15, -0.1) is 0 Å². The van der Waals surface area contributed by atoms with E-state index >= 15 is 0 Å². The smallest absolute Gasteiger partial charge is 0.0962 e. The monoisotopic (exact) mass is 112 g/mol. The summed E-state index contributed by atoms with van der Waals surface area (Å²) in [6.07, 6.45) is 5.10. The van der Waals surface area contributed by atoms with Gasteiger partial charge in [-0.05, 0) is 12.5 Å². The molecule has 46 valence electrons. The molecule has 1 unspecified atom stereocenters. The molecule has 0 aliphatic carbocycles. The minimum Gasteiger partial charge on any atom is -0.501 e. The van der Waals surface area contributed by atoms with E-state index in [1.165, 1.54) is 6.42 Å². The quantitative estimate of drug-likeness (QED) is 0.503. The second-order valence-corrected chi connectivity index (χ2v) is 2.62. The predicted molar refractivity (Wildman–Crippen MR) is 33.5 cm³/mol. The van der Waals surface area contributed by atoms with Gasteiger partial charge < -0.3 is 4.74 Å². The summed E-state index contributed by atoms with van der Waals surface area (Å²) >= 11 is 0. The van der Waals surface area contributed by atoms with E-state index in [2.05, 4.69) is 19.9 Å². The third kappa shape index (κ3) is 0.857. The van der Waals surface area contributed by atoms with Crippen molar-refractivity contribution in [3.8, 4) is 0 Å². The average Bonchev–Trinajstić information content (AvgIpc) is 2.17. The van der Waals surface area contributed by atoms with Crippen LogP contribution >= 0.6 is 0 Å². The molecular formula is C7H12O. The summed E-state index contributed by atoms with van der Waals surface area (Å²) < 4.78 is 5.07. The Morgan fingerprint density at radius 2 is 2.50 bits per heavy atom. The standard InChI is InChI=1S/C7H12O/c1-3-7(2)4-5-8-6-7/h4-5H,3,6H2,1-2H3. The maximum absolute atomic E-state index is 5.07. The van der Waals surface area contributed by atoms with Crippen LogP contribution in [0.1, 0.15) is 20.3 Å². The molecule has 0 aromatic carbocycles. The van der Waals surface area contributed by atoms with Gasteiger partial charge in [0, 0.05) is 5.41 Å². The van der Waals surface area contributed by atoms with E-state index in [9.17, 15) is 0 Å². The fourth-order valence-electron chi connectivity index (χ4n) is 0.719. The maximum Gasteiger partial charge on any atom is 0.0962 e. The van der Waals surface area contributed by atoms with Gasteiger partial charge in [0.2, 0.25) is 0 Å². The molecule has 0 N–H and O–H groups in total. The zero-order valence-electron chi connectivity index (χ0n) is 5.48. The van der Waals surface area contributed by atoms with Gasteiger partial charge in [0.25, 0.3) is 0 Å². The highest BCUT2D eigenvalue weighted by Gasteiger charge is 2.22. The van der Waals surface area contributed by atoms with Gasteiger partial charge in [-0.2, -0.15) is 0 Å². The molecule has 1 atom stereocenters. The number of hydrogen-bond donors (Lipinski definition) is 0. The Kier molecular flexibility index (Phi) is 1.28. The molecule has 1 aliphatic heterocycles. The van der Waals surface area contributed by atoms with Crippen LogP contribution in [0, 0.1) is 5.41 Å². The van der Waals surface area contributed by atoms with E-state index in [-0.39, 0.29) is 0 Å². The summed E-state index contributed by atoms with van der Waals surface area (Å²) in [6, 6.07) is 0. The highest BCUT2D eigenvalue weighted by Crippen LogP contribution is 2.27. The van der Waals surface area contributed by atoms with Gasteiger partial charge in [0.1, 0.15) is 0 Å². The zero-order valence-corrected chi connectivity index (χ0v) is 5.48. The Bertz CT molecular complexity index is 107. The molecule has 0 aromatic rings. The summed E-state index contributed by atoms with van der Waals surface area (Å²) in [5.41, 5.74) is 0.333. The third-order valence-electron chi connectivity index (χ3n) is 1.79. The van der Waals surface area contributed by atoms with Crippen molar-refractivity contribution in [2.24, 2.45) is 5.41 Å². The lowest BCUT2D eigenvalue weighted by atomic mass is 9.90. The molecule has 0 saturated heterocycles. The number of hydrogen-bond acceptors (Lipinski definition) is 1. The van der Waals surface area contributed by atoms with Gasteiger partial charge in [-0.3, -0.25) is 0 Å². The van der Waals surface area contributed by atoms with Crippen molar-refractivity contribution in [1.29, 1.82) is 0 Å². The van der Waals surface area contributed by atoms with Gasteiger partial charge >= 0.3 is 0 Å². The molecule has 0 saturated carbocycles. The summed E-state index contributed by atoms with van der Waals surface area (Å²) in [5.74, 6) is 0. The third-order valence-corrected chi connectivity index (χ3v) is 1.79. The fraction of sp³-hybridized carbons (Fsp3) is 0.714. The zero-order chi connectivity index (χ0) is 6.04. The Hall–Kier alpha value is -0.460. The van der Waals surface area contributed by atoms with Crippen LogP contribution in [0.2, 0.25) is 0 Å². The van der Waals surface area contributed by atoms with Crippen molar-refractivity contribution in [2.45, 2.75) is 20.3 Å². The van der Waals surface area contributed by atoms with Crippen molar-refractivity contribution in [1.82, 2.24) is 0 Å². The number of ether oxygens (including phenoxy) is 1. The van der Waals surface area contributed by atoms with Crippen molar-refractivity contribution in [2.75, 3.05) is 6.61 Å². The molecular weight excluding hydrogens is 100 g/mol. The van der Waals surface area contributed by atoms with E-state index in [0.717, 1.165) is 6.61 Å². The van der Waals surface area contributed by atoms with Crippen molar-refractivity contribution in [3.63, 3.8) is 0 Å². The Labute approximate surface area is 50.3 Å². The van der Waals surface area contributed by atoms with Gasteiger partial charge in [-0.25, -0.2) is 0 Å². The van der Waals surface area contributed by atoms with Crippen LogP contribution in [-0.4, -0.2) is 6.61 Å². The van der Waals surface area contributed by atoms with Crippen molar-refractivity contribution in [3.05, 3.63) is 12.3 Å². The van der Waals surface area contributed by atoms with Gasteiger partial charge in [0.15, 0.2) is 0 Å². The Morgan fingerprint density at radius 1 is 1.75 bits per heavy atom. The molecule has 1 aliphatic rings. The number of rotatable bonds is 1. The molecule has 0 radical (unpaired) electrons. The lowest BCUT2D eigenvalue weighted by Gasteiger charge is -2.15. The van der Waals surface area contributed by atoms with Gasteiger partial charge in [-0.1, -0.05) is 13.8 Å². The second kappa shape index (κ2) is 1.81.